The molecule has 0 saturated carbocycles. The highest BCUT2D eigenvalue weighted by molar-refractivity contribution is 9.10. The predicted molar refractivity (Wildman–Crippen MR) is 128 cm³/mol. The largest absolute Gasteiger partial charge is 0.375 e. The van der Waals surface area contributed by atoms with Gasteiger partial charge >= 0.3 is 0 Å². The van der Waals surface area contributed by atoms with Gasteiger partial charge in [-0.25, -0.2) is 0 Å². The van der Waals surface area contributed by atoms with Gasteiger partial charge in [0.25, 0.3) is 5.91 Å². The number of carbonyl (C=O) groups excluding carboxylic acids is 2. The lowest BCUT2D eigenvalue weighted by atomic mass is 9.87. The molecular weight excluding hydrogens is 522 g/mol. The molecular formula is C25H21Br2NO3. The van der Waals surface area contributed by atoms with Crippen LogP contribution in [0.15, 0.2) is 69.6 Å². The molecule has 0 spiro atoms. The summed E-state index contributed by atoms with van der Waals surface area (Å²) < 4.78 is 1.69. The second-order valence-corrected chi connectivity index (χ2v) is 9.79. The zero-order valence-corrected chi connectivity index (χ0v) is 20.3. The fraction of sp³-hybridized carbons (Fsp3) is 0.200. The minimum atomic E-state index is -1.91. The van der Waals surface area contributed by atoms with E-state index in [9.17, 15) is 14.7 Å². The molecule has 158 valence electrons. The van der Waals surface area contributed by atoms with Crippen molar-refractivity contribution in [3.05, 3.63) is 97.4 Å². The number of rotatable bonds is 5. The zero-order valence-electron chi connectivity index (χ0n) is 17.2. The summed E-state index contributed by atoms with van der Waals surface area (Å²) in [5.41, 5.74) is 2.39. The maximum Gasteiger partial charge on any atom is 0.264 e. The Morgan fingerprint density at radius 1 is 0.968 bits per heavy atom. The van der Waals surface area contributed by atoms with Crippen LogP contribution >= 0.6 is 31.9 Å². The van der Waals surface area contributed by atoms with Crippen molar-refractivity contribution in [1.29, 1.82) is 0 Å². The molecule has 0 fully saturated rings. The van der Waals surface area contributed by atoms with Gasteiger partial charge in [-0.15, -0.1) is 0 Å². The highest BCUT2D eigenvalue weighted by Gasteiger charge is 2.51. The number of hydrogen-bond donors (Lipinski definition) is 1. The molecule has 1 amide bonds. The number of ketones is 1. The molecule has 1 atom stereocenters. The first-order valence-corrected chi connectivity index (χ1v) is 11.5. The van der Waals surface area contributed by atoms with E-state index < -0.39 is 11.5 Å². The van der Waals surface area contributed by atoms with Gasteiger partial charge in [0.05, 0.1) is 18.7 Å². The first-order valence-electron chi connectivity index (χ1n) is 9.88. The van der Waals surface area contributed by atoms with Gasteiger partial charge in [-0.1, -0.05) is 61.7 Å². The molecule has 6 heteroatoms. The molecule has 0 bridgehead atoms. The Hall–Kier alpha value is -2.28. The van der Waals surface area contributed by atoms with E-state index in [0.29, 0.717) is 23.4 Å². The van der Waals surface area contributed by atoms with E-state index in [4.69, 9.17) is 0 Å². The van der Waals surface area contributed by atoms with Crippen LogP contribution in [-0.4, -0.2) is 16.8 Å². The van der Waals surface area contributed by atoms with Crippen LogP contribution in [0.5, 0.6) is 0 Å². The Bertz CT molecular complexity index is 1190. The SMILES string of the molecule is Cc1ccc(C)c(C(=O)CC2(O)C(=O)N(Cc3ccc(Br)cc3)c3ccc(Br)cc32)c1. The van der Waals surface area contributed by atoms with Gasteiger partial charge in [0.15, 0.2) is 11.4 Å². The number of amides is 1. The van der Waals surface area contributed by atoms with E-state index >= 15 is 0 Å². The van der Waals surface area contributed by atoms with Crippen molar-refractivity contribution in [2.45, 2.75) is 32.4 Å². The number of Topliss-reactive ketones (excluding diaryl/α,β-unsaturated/α-hetero) is 1. The number of halogens is 2. The highest BCUT2D eigenvalue weighted by atomic mass is 79.9. The molecule has 0 radical (unpaired) electrons. The first-order chi connectivity index (χ1) is 14.7. The van der Waals surface area contributed by atoms with E-state index in [1.807, 2.05) is 62.4 Å². The zero-order chi connectivity index (χ0) is 22.3. The first kappa shape index (κ1) is 21.9. The van der Waals surface area contributed by atoms with Gasteiger partial charge in [0, 0.05) is 20.1 Å². The predicted octanol–water partition coefficient (Wildman–Crippen LogP) is 5.84. The van der Waals surface area contributed by atoms with Crippen LogP contribution in [0.4, 0.5) is 5.69 Å². The van der Waals surface area contributed by atoms with E-state index in [1.54, 1.807) is 17.0 Å². The Morgan fingerprint density at radius 2 is 1.65 bits per heavy atom. The van der Waals surface area contributed by atoms with E-state index in [1.165, 1.54) is 0 Å². The topological polar surface area (TPSA) is 57.6 Å². The standard InChI is InChI=1S/C25H21Br2NO3/c1-15-3-4-16(2)20(11-15)23(29)13-25(31)21-12-19(27)9-10-22(21)28(24(25)30)14-17-5-7-18(26)8-6-17/h3-12,31H,13-14H2,1-2H3. The van der Waals surface area contributed by atoms with E-state index in [0.717, 1.165) is 25.6 Å². The lowest BCUT2D eigenvalue weighted by Gasteiger charge is -2.23. The van der Waals surface area contributed by atoms with Crippen LogP contribution in [0, 0.1) is 13.8 Å². The summed E-state index contributed by atoms with van der Waals surface area (Å²) in [5.74, 6) is -0.740. The van der Waals surface area contributed by atoms with Gasteiger partial charge in [-0.05, 0) is 61.4 Å². The number of aliphatic hydroxyl groups is 1. The number of hydrogen-bond acceptors (Lipinski definition) is 3. The van der Waals surface area contributed by atoms with Crippen LogP contribution in [0.3, 0.4) is 0 Å². The fourth-order valence-electron chi connectivity index (χ4n) is 3.99. The molecule has 0 aromatic heterocycles. The monoisotopic (exact) mass is 541 g/mol. The van der Waals surface area contributed by atoms with Gasteiger partial charge in [0.1, 0.15) is 0 Å². The maximum atomic E-state index is 13.5. The van der Waals surface area contributed by atoms with Crippen LogP contribution in [-0.2, 0) is 16.9 Å². The average molecular weight is 543 g/mol. The van der Waals surface area contributed by atoms with Crippen molar-refractivity contribution < 1.29 is 14.7 Å². The number of anilines is 1. The molecule has 1 unspecified atom stereocenters. The van der Waals surface area contributed by atoms with Crippen LogP contribution < -0.4 is 4.90 Å². The van der Waals surface area contributed by atoms with Crippen molar-refractivity contribution in [3.8, 4) is 0 Å². The molecule has 3 aromatic rings. The summed E-state index contributed by atoms with van der Waals surface area (Å²) in [5, 5.41) is 11.6. The highest BCUT2D eigenvalue weighted by Crippen LogP contribution is 2.45. The van der Waals surface area contributed by atoms with Gasteiger partial charge in [-0.3, -0.25) is 9.59 Å². The Morgan fingerprint density at radius 3 is 2.35 bits per heavy atom. The number of benzene rings is 3. The second-order valence-electron chi connectivity index (χ2n) is 7.96. The summed E-state index contributed by atoms with van der Waals surface area (Å²) in [6, 6.07) is 18.7. The van der Waals surface area contributed by atoms with Gasteiger partial charge in [0.2, 0.25) is 0 Å². The van der Waals surface area contributed by atoms with E-state index in [2.05, 4.69) is 31.9 Å². The van der Waals surface area contributed by atoms with Crippen molar-refractivity contribution in [1.82, 2.24) is 0 Å². The van der Waals surface area contributed by atoms with Crippen LogP contribution in [0.25, 0.3) is 0 Å². The molecule has 1 aliphatic heterocycles. The third-order valence-corrected chi connectivity index (χ3v) is 6.68. The number of carbonyl (C=O) groups is 2. The summed E-state index contributed by atoms with van der Waals surface area (Å²) in [6.07, 6.45) is -0.309. The number of aryl methyl sites for hydroxylation is 2. The minimum Gasteiger partial charge on any atom is -0.375 e. The lowest BCUT2D eigenvalue weighted by molar-refractivity contribution is -0.136. The summed E-state index contributed by atoms with van der Waals surface area (Å²) in [6.45, 7) is 4.08. The van der Waals surface area contributed by atoms with Crippen molar-refractivity contribution in [3.63, 3.8) is 0 Å². The summed E-state index contributed by atoms with van der Waals surface area (Å²) >= 11 is 6.85. The lowest BCUT2D eigenvalue weighted by Crippen LogP contribution is -2.41. The smallest absolute Gasteiger partial charge is 0.264 e. The molecule has 1 aliphatic rings. The molecule has 31 heavy (non-hydrogen) atoms. The maximum absolute atomic E-state index is 13.5. The van der Waals surface area contributed by atoms with Crippen molar-refractivity contribution in [2.24, 2.45) is 0 Å². The molecule has 4 rings (SSSR count). The van der Waals surface area contributed by atoms with Crippen molar-refractivity contribution in [2.75, 3.05) is 4.90 Å². The molecule has 3 aromatic carbocycles. The van der Waals surface area contributed by atoms with Gasteiger partial charge in [-0.2, -0.15) is 0 Å². The molecule has 0 saturated heterocycles. The van der Waals surface area contributed by atoms with Crippen LogP contribution in [0.2, 0.25) is 0 Å². The molecule has 4 nitrogen and oxygen atoms in total. The summed E-state index contributed by atoms with van der Waals surface area (Å²) in [7, 11) is 0. The minimum absolute atomic E-state index is 0.256. The van der Waals surface area contributed by atoms with Crippen LogP contribution in [0.1, 0.15) is 39.0 Å². The van der Waals surface area contributed by atoms with Crippen molar-refractivity contribution >= 4 is 49.2 Å². The third-order valence-electron chi connectivity index (χ3n) is 5.66. The molecule has 1 N–H and O–H groups in total. The molecule has 1 heterocycles. The summed E-state index contributed by atoms with van der Waals surface area (Å²) in [4.78, 5) is 28.2. The number of nitrogens with zero attached hydrogens (tertiary/aromatic N) is 1. The Labute approximate surface area is 198 Å². The Kier molecular flexibility index (Phi) is 5.90. The van der Waals surface area contributed by atoms with Gasteiger partial charge < -0.3 is 10.0 Å². The second kappa shape index (κ2) is 8.34. The average Bonchev–Trinajstić information content (AvgIpc) is 2.92. The quantitative estimate of drug-likeness (QED) is 0.412. The third kappa shape index (κ3) is 4.12. The fourth-order valence-corrected chi connectivity index (χ4v) is 4.61. The number of fused-ring (bicyclic) bond motifs is 1. The van der Waals surface area contributed by atoms with E-state index in [-0.39, 0.29) is 12.2 Å². The molecule has 0 aliphatic carbocycles. The Balaban J connectivity index is 1.72. The normalized spacial score (nSPS) is 17.7.